The van der Waals surface area contributed by atoms with Crippen LogP contribution >= 0.6 is 0 Å². The lowest BCUT2D eigenvalue weighted by molar-refractivity contribution is -0.120. The van der Waals surface area contributed by atoms with Gasteiger partial charge in [0.15, 0.2) is 11.5 Å². The molecule has 2 N–H and O–H groups in total. The molecule has 2 aromatic rings. The van der Waals surface area contributed by atoms with Crippen molar-refractivity contribution in [1.82, 2.24) is 5.32 Å². The summed E-state index contributed by atoms with van der Waals surface area (Å²) in [4.78, 5) is 11.8. The highest BCUT2D eigenvalue weighted by Gasteiger charge is 2.05. The van der Waals surface area contributed by atoms with Gasteiger partial charge < -0.3 is 20.1 Å². The third-order valence-corrected chi connectivity index (χ3v) is 3.71. The third kappa shape index (κ3) is 5.99. The van der Waals surface area contributed by atoms with Gasteiger partial charge in [0.25, 0.3) is 0 Å². The first-order valence-corrected chi connectivity index (χ1v) is 8.09. The fourth-order valence-corrected chi connectivity index (χ4v) is 2.36. The molecule has 2 aromatic carbocycles. The molecule has 0 atom stereocenters. The molecule has 0 spiro atoms. The first kappa shape index (κ1) is 18.6. The minimum absolute atomic E-state index is 0.0323. The van der Waals surface area contributed by atoms with Crippen LogP contribution in [0.15, 0.2) is 42.5 Å². The molecular formula is C19H23FN2O3. The maximum absolute atomic E-state index is 12.8. The quantitative estimate of drug-likeness (QED) is 0.733. The van der Waals surface area contributed by atoms with Crippen LogP contribution in [-0.4, -0.2) is 33.2 Å². The molecule has 0 unspecified atom stereocenters. The van der Waals surface area contributed by atoms with Crippen LogP contribution in [0.4, 0.5) is 10.1 Å². The van der Waals surface area contributed by atoms with E-state index in [9.17, 15) is 9.18 Å². The number of halogens is 1. The average Bonchev–Trinajstić information content (AvgIpc) is 2.63. The number of benzene rings is 2. The molecule has 0 aromatic heterocycles. The van der Waals surface area contributed by atoms with E-state index in [0.717, 1.165) is 11.3 Å². The van der Waals surface area contributed by atoms with Crippen LogP contribution in [0.5, 0.6) is 11.5 Å². The Morgan fingerprint density at radius 2 is 1.72 bits per heavy atom. The van der Waals surface area contributed by atoms with E-state index >= 15 is 0 Å². The summed E-state index contributed by atoms with van der Waals surface area (Å²) in [6, 6.07) is 11.7. The van der Waals surface area contributed by atoms with Crippen molar-refractivity contribution in [3.8, 4) is 11.5 Å². The van der Waals surface area contributed by atoms with Crippen LogP contribution in [0, 0.1) is 5.82 Å². The summed E-state index contributed by atoms with van der Waals surface area (Å²) < 4.78 is 23.3. The van der Waals surface area contributed by atoms with E-state index in [2.05, 4.69) is 10.6 Å². The molecule has 0 heterocycles. The van der Waals surface area contributed by atoms with Crippen LogP contribution in [0.3, 0.4) is 0 Å². The van der Waals surface area contributed by atoms with Crippen LogP contribution in [0.25, 0.3) is 0 Å². The zero-order chi connectivity index (χ0) is 18.1. The number of hydrogen-bond acceptors (Lipinski definition) is 4. The van der Waals surface area contributed by atoms with Gasteiger partial charge in [-0.15, -0.1) is 0 Å². The lowest BCUT2D eigenvalue weighted by Crippen LogP contribution is -2.27. The molecule has 2 rings (SSSR count). The monoisotopic (exact) mass is 346 g/mol. The van der Waals surface area contributed by atoms with Gasteiger partial charge in [-0.2, -0.15) is 0 Å². The van der Waals surface area contributed by atoms with E-state index in [-0.39, 0.29) is 11.7 Å². The van der Waals surface area contributed by atoms with E-state index in [1.165, 1.54) is 12.1 Å². The molecule has 5 nitrogen and oxygen atoms in total. The lowest BCUT2D eigenvalue weighted by atomic mass is 10.1. The Morgan fingerprint density at radius 1 is 1.00 bits per heavy atom. The predicted molar refractivity (Wildman–Crippen MR) is 95.8 cm³/mol. The zero-order valence-corrected chi connectivity index (χ0v) is 14.5. The number of amides is 1. The van der Waals surface area contributed by atoms with Crippen molar-refractivity contribution in [2.45, 2.75) is 12.8 Å². The SMILES string of the molecule is COc1ccc(CCNC(=O)CCNc2ccc(F)cc2)cc1OC. The Hall–Kier alpha value is -2.76. The van der Waals surface area contributed by atoms with Crippen molar-refractivity contribution < 1.29 is 18.7 Å². The molecular weight excluding hydrogens is 323 g/mol. The minimum Gasteiger partial charge on any atom is -0.493 e. The van der Waals surface area contributed by atoms with Gasteiger partial charge in [-0.25, -0.2) is 4.39 Å². The predicted octanol–water partition coefficient (Wildman–Crippen LogP) is 3.00. The number of carbonyl (C=O) groups excluding carboxylic acids is 1. The largest absolute Gasteiger partial charge is 0.493 e. The molecule has 0 aliphatic rings. The molecule has 0 saturated carbocycles. The van der Waals surface area contributed by atoms with E-state index in [1.54, 1.807) is 26.4 Å². The molecule has 0 aliphatic heterocycles. The molecule has 0 saturated heterocycles. The number of rotatable bonds is 9. The Kier molecular flexibility index (Phi) is 7.07. The summed E-state index contributed by atoms with van der Waals surface area (Å²) in [5.41, 5.74) is 1.85. The molecule has 25 heavy (non-hydrogen) atoms. The normalized spacial score (nSPS) is 10.2. The highest BCUT2D eigenvalue weighted by Crippen LogP contribution is 2.27. The van der Waals surface area contributed by atoms with Gasteiger partial charge in [0.05, 0.1) is 14.2 Å². The van der Waals surface area contributed by atoms with Crippen molar-refractivity contribution in [2.24, 2.45) is 0 Å². The maximum atomic E-state index is 12.8. The first-order valence-electron chi connectivity index (χ1n) is 8.09. The van der Waals surface area contributed by atoms with Crippen molar-refractivity contribution in [3.63, 3.8) is 0 Å². The summed E-state index contributed by atoms with van der Waals surface area (Å²) in [6.45, 7) is 1.04. The van der Waals surface area contributed by atoms with Crippen molar-refractivity contribution in [3.05, 3.63) is 53.8 Å². The molecule has 0 bridgehead atoms. The number of hydrogen-bond donors (Lipinski definition) is 2. The van der Waals surface area contributed by atoms with E-state index in [1.807, 2.05) is 18.2 Å². The summed E-state index contributed by atoms with van der Waals surface area (Å²) in [5, 5.41) is 5.96. The highest BCUT2D eigenvalue weighted by molar-refractivity contribution is 5.76. The summed E-state index contributed by atoms with van der Waals surface area (Å²) in [6.07, 6.45) is 1.06. The van der Waals surface area contributed by atoms with Crippen LogP contribution in [-0.2, 0) is 11.2 Å². The van der Waals surface area contributed by atoms with E-state index in [4.69, 9.17) is 9.47 Å². The fourth-order valence-electron chi connectivity index (χ4n) is 2.36. The van der Waals surface area contributed by atoms with Gasteiger partial charge in [0, 0.05) is 25.2 Å². The number of methoxy groups -OCH3 is 2. The van der Waals surface area contributed by atoms with Crippen LogP contribution in [0.2, 0.25) is 0 Å². The molecule has 0 aliphatic carbocycles. The van der Waals surface area contributed by atoms with Gasteiger partial charge in [-0.05, 0) is 48.4 Å². The maximum Gasteiger partial charge on any atom is 0.221 e. The van der Waals surface area contributed by atoms with Crippen molar-refractivity contribution >= 4 is 11.6 Å². The van der Waals surface area contributed by atoms with E-state index in [0.29, 0.717) is 37.4 Å². The average molecular weight is 346 g/mol. The topological polar surface area (TPSA) is 59.6 Å². The molecule has 1 amide bonds. The van der Waals surface area contributed by atoms with E-state index < -0.39 is 0 Å². The van der Waals surface area contributed by atoms with Crippen LogP contribution < -0.4 is 20.1 Å². The lowest BCUT2D eigenvalue weighted by Gasteiger charge is -2.10. The summed E-state index contributed by atoms with van der Waals surface area (Å²) >= 11 is 0. The first-order chi connectivity index (χ1) is 12.1. The smallest absolute Gasteiger partial charge is 0.221 e. The minimum atomic E-state index is -0.279. The molecule has 134 valence electrons. The Balaban J connectivity index is 1.69. The number of carbonyl (C=O) groups is 1. The zero-order valence-electron chi connectivity index (χ0n) is 14.5. The van der Waals surface area contributed by atoms with Crippen molar-refractivity contribution in [2.75, 3.05) is 32.6 Å². The molecule has 6 heteroatoms. The Morgan fingerprint density at radius 3 is 2.40 bits per heavy atom. The van der Waals surface area contributed by atoms with Crippen LogP contribution in [0.1, 0.15) is 12.0 Å². The molecule has 0 radical (unpaired) electrons. The van der Waals surface area contributed by atoms with Gasteiger partial charge in [-0.1, -0.05) is 6.07 Å². The van der Waals surface area contributed by atoms with Gasteiger partial charge >= 0.3 is 0 Å². The summed E-state index contributed by atoms with van der Waals surface area (Å²) in [5.74, 6) is 1.05. The highest BCUT2D eigenvalue weighted by atomic mass is 19.1. The number of nitrogens with one attached hydrogen (secondary N) is 2. The van der Waals surface area contributed by atoms with Crippen molar-refractivity contribution in [1.29, 1.82) is 0 Å². The fraction of sp³-hybridized carbons (Fsp3) is 0.316. The Bertz CT molecular complexity index is 690. The molecule has 0 fully saturated rings. The van der Waals surface area contributed by atoms with Gasteiger partial charge in [0.2, 0.25) is 5.91 Å². The third-order valence-electron chi connectivity index (χ3n) is 3.71. The second-order valence-electron chi connectivity index (χ2n) is 5.47. The summed E-state index contributed by atoms with van der Waals surface area (Å²) in [7, 11) is 3.19. The Labute approximate surface area is 147 Å². The number of anilines is 1. The van der Waals surface area contributed by atoms with Gasteiger partial charge in [-0.3, -0.25) is 4.79 Å². The number of ether oxygens (including phenoxy) is 2. The second kappa shape index (κ2) is 9.52. The second-order valence-corrected chi connectivity index (χ2v) is 5.47. The van der Waals surface area contributed by atoms with Gasteiger partial charge in [0.1, 0.15) is 5.82 Å². The standard InChI is InChI=1S/C19H23FN2O3/c1-24-17-8-3-14(13-18(17)25-2)9-11-22-19(23)10-12-21-16-6-4-15(20)5-7-16/h3-8,13,21H,9-12H2,1-2H3,(H,22,23).